The van der Waals surface area contributed by atoms with Crippen LogP contribution >= 0.6 is 0 Å². The molecule has 0 aliphatic carbocycles. The van der Waals surface area contributed by atoms with Gasteiger partial charge in [0.15, 0.2) is 0 Å². The lowest BCUT2D eigenvalue weighted by Gasteiger charge is -2.10. The van der Waals surface area contributed by atoms with Crippen LogP contribution in [0.2, 0.25) is 0 Å². The number of hydrogen-bond acceptors (Lipinski definition) is 4. The first-order valence-corrected chi connectivity index (χ1v) is 4.31. The lowest BCUT2D eigenvalue weighted by molar-refractivity contribution is 0.0597. The summed E-state index contributed by atoms with van der Waals surface area (Å²) >= 11 is 0. The molecule has 0 saturated carbocycles. The van der Waals surface area contributed by atoms with Crippen molar-refractivity contribution < 1.29 is 14.3 Å². The lowest BCUT2D eigenvalue weighted by Crippen LogP contribution is -2.06. The number of carbonyl (C=O) groups is 1. The Balaban J connectivity index is 3.39. The van der Waals surface area contributed by atoms with E-state index in [0.29, 0.717) is 22.4 Å². The summed E-state index contributed by atoms with van der Waals surface area (Å²) in [6.45, 7) is 1.73. The van der Waals surface area contributed by atoms with E-state index in [4.69, 9.17) is 10.00 Å². The van der Waals surface area contributed by atoms with Crippen LogP contribution < -0.4 is 4.74 Å². The molecule has 1 rings (SSSR count). The van der Waals surface area contributed by atoms with Crippen molar-refractivity contribution in [1.29, 1.82) is 5.26 Å². The quantitative estimate of drug-likeness (QED) is 0.689. The molecule has 0 unspecified atom stereocenters. The number of rotatable bonds is 2. The van der Waals surface area contributed by atoms with Gasteiger partial charge in [0, 0.05) is 5.56 Å². The second kappa shape index (κ2) is 4.47. The largest absolute Gasteiger partial charge is 0.496 e. The Bertz CT molecular complexity index is 432. The summed E-state index contributed by atoms with van der Waals surface area (Å²) < 4.78 is 9.70. The van der Waals surface area contributed by atoms with E-state index in [1.165, 1.54) is 20.3 Å². The number of methoxy groups -OCH3 is 2. The van der Waals surface area contributed by atoms with Crippen LogP contribution in [0.4, 0.5) is 0 Å². The van der Waals surface area contributed by atoms with Crippen molar-refractivity contribution in [3.63, 3.8) is 0 Å². The predicted octanol–water partition coefficient (Wildman–Crippen LogP) is 1.66. The standard InChI is InChI=1S/C11H11NO3/c1-7-8(6-12)4-5-9(10(7)14-2)11(13)15-3/h4-5H,1-3H3. The lowest BCUT2D eigenvalue weighted by atomic mass is 10.0. The van der Waals surface area contributed by atoms with Crippen molar-refractivity contribution in [2.75, 3.05) is 14.2 Å². The van der Waals surface area contributed by atoms with E-state index in [0.717, 1.165) is 0 Å². The maximum Gasteiger partial charge on any atom is 0.341 e. The van der Waals surface area contributed by atoms with Crippen LogP contribution in [0.1, 0.15) is 21.5 Å². The van der Waals surface area contributed by atoms with E-state index in [1.54, 1.807) is 13.0 Å². The van der Waals surface area contributed by atoms with Crippen molar-refractivity contribution in [3.05, 3.63) is 28.8 Å². The van der Waals surface area contributed by atoms with E-state index in [-0.39, 0.29) is 0 Å². The highest BCUT2D eigenvalue weighted by Crippen LogP contribution is 2.26. The van der Waals surface area contributed by atoms with Crippen LogP contribution in [0.15, 0.2) is 12.1 Å². The highest BCUT2D eigenvalue weighted by Gasteiger charge is 2.16. The average molecular weight is 205 g/mol. The maximum absolute atomic E-state index is 11.4. The van der Waals surface area contributed by atoms with E-state index in [1.807, 2.05) is 6.07 Å². The molecule has 1 aromatic rings. The van der Waals surface area contributed by atoms with Gasteiger partial charge in [-0.25, -0.2) is 4.79 Å². The molecule has 0 spiro atoms. The third-order valence-corrected chi connectivity index (χ3v) is 2.14. The van der Waals surface area contributed by atoms with Gasteiger partial charge in [-0.2, -0.15) is 5.26 Å². The molecule has 0 saturated heterocycles. The molecule has 0 heterocycles. The Morgan fingerprint density at radius 3 is 2.53 bits per heavy atom. The van der Waals surface area contributed by atoms with Gasteiger partial charge in [-0.3, -0.25) is 0 Å². The van der Waals surface area contributed by atoms with E-state index in [2.05, 4.69) is 4.74 Å². The minimum Gasteiger partial charge on any atom is -0.496 e. The second-order valence-electron chi connectivity index (χ2n) is 2.92. The number of carbonyl (C=O) groups excluding carboxylic acids is 1. The van der Waals surface area contributed by atoms with Gasteiger partial charge in [-0.1, -0.05) is 0 Å². The molecule has 0 atom stereocenters. The third-order valence-electron chi connectivity index (χ3n) is 2.14. The van der Waals surface area contributed by atoms with Crippen molar-refractivity contribution in [2.24, 2.45) is 0 Å². The first-order valence-electron chi connectivity index (χ1n) is 4.31. The van der Waals surface area contributed by atoms with Gasteiger partial charge >= 0.3 is 5.97 Å². The molecule has 0 N–H and O–H groups in total. The predicted molar refractivity (Wildman–Crippen MR) is 53.8 cm³/mol. The van der Waals surface area contributed by atoms with Crippen molar-refractivity contribution in [3.8, 4) is 11.8 Å². The molecule has 4 nitrogen and oxygen atoms in total. The van der Waals surface area contributed by atoms with Gasteiger partial charge in [0.1, 0.15) is 11.3 Å². The summed E-state index contributed by atoms with van der Waals surface area (Å²) in [6.07, 6.45) is 0. The summed E-state index contributed by atoms with van der Waals surface area (Å²) in [5.41, 5.74) is 1.46. The molecular weight excluding hydrogens is 194 g/mol. The van der Waals surface area contributed by atoms with Crippen molar-refractivity contribution in [2.45, 2.75) is 6.92 Å². The van der Waals surface area contributed by atoms with E-state index in [9.17, 15) is 4.79 Å². The number of nitriles is 1. The fraction of sp³-hybridized carbons (Fsp3) is 0.273. The molecule has 0 bridgehead atoms. The molecule has 78 valence electrons. The minimum atomic E-state index is -0.473. The topological polar surface area (TPSA) is 59.3 Å². The SMILES string of the molecule is COC(=O)c1ccc(C#N)c(C)c1OC. The van der Waals surface area contributed by atoms with Crippen LogP contribution in [0.3, 0.4) is 0 Å². The fourth-order valence-electron chi connectivity index (χ4n) is 1.35. The highest BCUT2D eigenvalue weighted by atomic mass is 16.5. The number of esters is 1. The number of nitrogens with zero attached hydrogens (tertiary/aromatic N) is 1. The molecule has 0 amide bonds. The van der Waals surface area contributed by atoms with E-state index >= 15 is 0 Å². The number of hydrogen-bond donors (Lipinski definition) is 0. The smallest absolute Gasteiger partial charge is 0.341 e. The van der Waals surface area contributed by atoms with Crippen molar-refractivity contribution >= 4 is 5.97 Å². The first kappa shape index (κ1) is 11.1. The van der Waals surface area contributed by atoms with Crippen molar-refractivity contribution in [1.82, 2.24) is 0 Å². The second-order valence-corrected chi connectivity index (χ2v) is 2.92. The average Bonchev–Trinajstić information content (AvgIpc) is 2.27. The molecular formula is C11H11NO3. The highest BCUT2D eigenvalue weighted by molar-refractivity contribution is 5.93. The fourth-order valence-corrected chi connectivity index (χ4v) is 1.35. The van der Waals surface area contributed by atoms with Gasteiger partial charge in [0.2, 0.25) is 0 Å². The van der Waals surface area contributed by atoms with E-state index < -0.39 is 5.97 Å². The molecule has 0 radical (unpaired) electrons. The Hall–Kier alpha value is -2.02. The molecule has 0 fully saturated rings. The van der Waals surface area contributed by atoms with Crippen LogP contribution in [0.25, 0.3) is 0 Å². The zero-order valence-corrected chi connectivity index (χ0v) is 8.83. The Kier molecular flexibility index (Phi) is 3.29. The molecule has 0 aliphatic rings. The molecule has 15 heavy (non-hydrogen) atoms. The normalized spacial score (nSPS) is 9.20. The van der Waals surface area contributed by atoms with Crippen LogP contribution in [0, 0.1) is 18.3 Å². The minimum absolute atomic E-state index is 0.330. The summed E-state index contributed by atoms with van der Waals surface area (Å²) in [5.74, 6) is -0.0830. The molecule has 1 aromatic carbocycles. The Morgan fingerprint density at radius 1 is 1.40 bits per heavy atom. The summed E-state index contributed by atoms with van der Waals surface area (Å²) in [6, 6.07) is 5.12. The monoisotopic (exact) mass is 205 g/mol. The Labute approximate surface area is 88.0 Å². The molecule has 0 aliphatic heterocycles. The maximum atomic E-state index is 11.4. The van der Waals surface area contributed by atoms with Crippen LogP contribution in [-0.2, 0) is 4.74 Å². The zero-order chi connectivity index (χ0) is 11.4. The third kappa shape index (κ3) is 1.91. The summed E-state index contributed by atoms with van der Waals surface area (Å²) in [5, 5.41) is 8.80. The van der Waals surface area contributed by atoms with Gasteiger partial charge < -0.3 is 9.47 Å². The van der Waals surface area contributed by atoms with Gasteiger partial charge in [0.05, 0.1) is 25.9 Å². The number of benzene rings is 1. The van der Waals surface area contributed by atoms with Gasteiger partial charge in [-0.15, -0.1) is 0 Å². The summed E-state index contributed by atoms with van der Waals surface area (Å²) in [4.78, 5) is 11.4. The van der Waals surface area contributed by atoms with Crippen LogP contribution in [-0.4, -0.2) is 20.2 Å². The summed E-state index contributed by atoms with van der Waals surface area (Å²) in [7, 11) is 2.76. The Morgan fingerprint density at radius 2 is 2.07 bits per heavy atom. The first-order chi connectivity index (χ1) is 7.15. The molecule has 4 heteroatoms. The zero-order valence-electron chi connectivity index (χ0n) is 8.83. The number of ether oxygens (including phenoxy) is 2. The van der Waals surface area contributed by atoms with Gasteiger partial charge in [0.25, 0.3) is 0 Å². The molecule has 0 aromatic heterocycles. The van der Waals surface area contributed by atoms with Gasteiger partial charge in [-0.05, 0) is 19.1 Å². The van der Waals surface area contributed by atoms with Crippen LogP contribution in [0.5, 0.6) is 5.75 Å².